The molecule has 2 aliphatic rings. The molecule has 1 aromatic carbocycles. The number of anilines is 2. The molecule has 0 atom stereocenters. The van der Waals surface area contributed by atoms with Crippen molar-refractivity contribution in [1.82, 2.24) is 15.1 Å². The van der Waals surface area contributed by atoms with E-state index < -0.39 is 5.54 Å². The van der Waals surface area contributed by atoms with Crippen LogP contribution < -0.4 is 16.0 Å². The van der Waals surface area contributed by atoms with Crippen LogP contribution in [0.25, 0.3) is 0 Å². The van der Waals surface area contributed by atoms with Crippen LogP contribution in [-0.4, -0.2) is 34.7 Å². The Bertz CT molecular complexity index is 837. The fourth-order valence-electron chi connectivity index (χ4n) is 4.45. The van der Waals surface area contributed by atoms with Crippen LogP contribution in [0.2, 0.25) is 0 Å². The first-order valence-corrected chi connectivity index (χ1v) is 10.6. The molecule has 0 unspecified atom stereocenters. The summed E-state index contributed by atoms with van der Waals surface area (Å²) in [5.74, 6) is 0.109. The standard InChI is InChI=1S/C22H29N5O2/c28-20(17-6-2-1-3-7-17)25-18-8-4-9-19(16-18)26-21(29)22(10-13-23-14-11-22)27-15-5-12-24-27/h4-5,8-9,12,15-17,23H,1-3,6-7,10-11,13-14H2,(H,25,28)(H,26,29). The van der Waals surface area contributed by atoms with Gasteiger partial charge >= 0.3 is 0 Å². The number of carbonyl (C=O) groups excluding carboxylic acids is 2. The Morgan fingerprint density at radius 2 is 1.76 bits per heavy atom. The average molecular weight is 396 g/mol. The Balaban J connectivity index is 1.46. The number of benzene rings is 1. The zero-order valence-corrected chi connectivity index (χ0v) is 16.7. The summed E-state index contributed by atoms with van der Waals surface area (Å²) >= 11 is 0. The van der Waals surface area contributed by atoms with Crippen molar-refractivity contribution >= 4 is 23.2 Å². The summed E-state index contributed by atoms with van der Waals surface area (Å²) in [6.45, 7) is 1.54. The van der Waals surface area contributed by atoms with E-state index in [4.69, 9.17) is 0 Å². The summed E-state index contributed by atoms with van der Waals surface area (Å²) in [6.07, 6.45) is 10.3. The zero-order chi connectivity index (χ0) is 20.1. The predicted octanol–water partition coefficient (Wildman–Crippen LogP) is 3.12. The van der Waals surface area contributed by atoms with Crippen molar-refractivity contribution in [1.29, 1.82) is 0 Å². The van der Waals surface area contributed by atoms with Gasteiger partial charge in [0, 0.05) is 29.7 Å². The molecule has 29 heavy (non-hydrogen) atoms. The first-order chi connectivity index (χ1) is 14.2. The fourth-order valence-corrected chi connectivity index (χ4v) is 4.45. The Labute approximate surface area is 171 Å². The lowest BCUT2D eigenvalue weighted by Gasteiger charge is -2.36. The van der Waals surface area contributed by atoms with Crippen LogP contribution in [0.3, 0.4) is 0 Å². The molecule has 1 aliphatic carbocycles. The molecule has 4 rings (SSSR count). The average Bonchev–Trinajstić information content (AvgIpc) is 3.30. The number of amides is 2. The van der Waals surface area contributed by atoms with Crippen molar-refractivity contribution in [3.8, 4) is 0 Å². The van der Waals surface area contributed by atoms with E-state index >= 15 is 0 Å². The molecular weight excluding hydrogens is 366 g/mol. The summed E-state index contributed by atoms with van der Waals surface area (Å²) in [5.41, 5.74) is 0.703. The van der Waals surface area contributed by atoms with E-state index in [0.29, 0.717) is 18.5 Å². The van der Waals surface area contributed by atoms with E-state index in [2.05, 4.69) is 21.0 Å². The first-order valence-electron chi connectivity index (χ1n) is 10.6. The Kier molecular flexibility index (Phi) is 5.94. The number of carbonyl (C=O) groups is 2. The summed E-state index contributed by atoms with van der Waals surface area (Å²) in [4.78, 5) is 25.8. The summed E-state index contributed by atoms with van der Waals surface area (Å²) in [7, 11) is 0. The molecule has 2 amide bonds. The first kappa shape index (κ1) is 19.6. The summed E-state index contributed by atoms with van der Waals surface area (Å²) < 4.78 is 1.78. The Morgan fingerprint density at radius 3 is 2.45 bits per heavy atom. The highest BCUT2D eigenvalue weighted by molar-refractivity contribution is 5.98. The molecule has 0 radical (unpaired) electrons. The highest BCUT2D eigenvalue weighted by Gasteiger charge is 2.42. The molecule has 2 fully saturated rings. The number of nitrogens with zero attached hydrogens (tertiary/aromatic N) is 2. The van der Waals surface area contributed by atoms with Gasteiger partial charge in [-0.25, -0.2) is 0 Å². The molecule has 2 aromatic rings. The summed E-state index contributed by atoms with van der Waals surface area (Å²) in [5, 5.41) is 13.7. The van der Waals surface area contributed by atoms with Crippen LogP contribution in [-0.2, 0) is 15.1 Å². The van der Waals surface area contributed by atoms with Crippen molar-refractivity contribution < 1.29 is 9.59 Å². The van der Waals surface area contributed by atoms with Gasteiger partial charge in [0.25, 0.3) is 5.91 Å². The number of hydrogen-bond acceptors (Lipinski definition) is 4. The zero-order valence-electron chi connectivity index (χ0n) is 16.7. The molecule has 7 heteroatoms. The monoisotopic (exact) mass is 395 g/mol. The van der Waals surface area contributed by atoms with Crippen LogP contribution >= 0.6 is 0 Å². The number of piperidine rings is 1. The van der Waals surface area contributed by atoms with Crippen molar-refractivity contribution in [3.63, 3.8) is 0 Å². The second kappa shape index (κ2) is 8.78. The highest BCUT2D eigenvalue weighted by atomic mass is 16.2. The van der Waals surface area contributed by atoms with Crippen molar-refractivity contribution in [3.05, 3.63) is 42.7 Å². The van der Waals surface area contributed by atoms with Crippen LogP contribution in [0.4, 0.5) is 11.4 Å². The van der Waals surface area contributed by atoms with Gasteiger partial charge < -0.3 is 16.0 Å². The third kappa shape index (κ3) is 4.34. The molecule has 1 saturated heterocycles. The second-order valence-corrected chi connectivity index (χ2v) is 8.09. The van der Waals surface area contributed by atoms with E-state index in [1.807, 2.05) is 36.5 Å². The van der Waals surface area contributed by atoms with Gasteiger partial charge in [-0.15, -0.1) is 0 Å². The van der Waals surface area contributed by atoms with E-state index in [0.717, 1.165) is 44.5 Å². The lowest BCUT2D eigenvalue weighted by Crippen LogP contribution is -2.52. The van der Waals surface area contributed by atoms with Crippen molar-refractivity contribution in [2.45, 2.75) is 50.5 Å². The van der Waals surface area contributed by atoms with Gasteiger partial charge in [0.2, 0.25) is 5.91 Å². The third-order valence-electron chi connectivity index (χ3n) is 6.16. The number of aromatic nitrogens is 2. The second-order valence-electron chi connectivity index (χ2n) is 8.09. The molecule has 1 aromatic heterocycles. The normalized spacial score (nSPS) is 19.4. The van der Waals surface area contributed by atoms with Gasteiger partial charge in [0.1, 0.15) is 5.54 Å². The van der Waals surface area contributed by atoms with Gasteiger partial charge in [-0.3, -0.25) is 14.3 Å². The fraction of sp³-hybridized carbons (Fsp3) is 0.500. The molecule has 154 valence electrons. The molecule has 1 saturated carbocycles. The molecular formula is C22H29N5O2. The quantitative estimate of drug-likeness (QED) is 0.726. The van der Waals surface area contributed by atoms with E-state index in [-0.39, 0.29) is 17.7 Å². The molecule has 0 spiro atoms. The lowest BCUT2D eigenvalue weighted by atomic mass is 9.87. The van der Waals surface area contributed by atoms with E-state index in [1.165, 1.54) is 6.42 Å². The van der Waals surface area contributed by atoms with E-state index in [1.54, 1.807) is 10.9 Å². The predicted molar refractivity (Wildman–Crippen MR) is 113 cm³/mol. The number of nitrogens with one attached hydrogen (secondary N) is 3. The van der Waals surface area contributed by atoms with Crippen LogP contribution in [0.15, 0.2) is 42.7 Å². The maximum Gasteiger partial charge on any atom is 0.252 e. The van der Waals surface area contributed by atoms with Crippen LogP contribution in [0.1, 0.15) is 44.9 Å². The maximum atomic E-state index is 13.3. The minimum Gasteiger partial charge on any atom is -0.326 e. The smallest absolute Gasteiger partial charge is 0.252 e. The van der Waals surface area contributed by atoms with E-state index in [9.17, 15) is 9.59 Å². The van der Waals surface area contributed by atoms with Crippen LogP contribution in [0, 0.1) is 5.92 Å². The highest BCUT2D eigenvalue weighted by Crippen LogP contribution is 2.30. The largest absolute Gasteiger partial charge is 0.326 e. The summed E-state index contributed by atoms with van der Waals surface area (Å²) in [6, 6.07) is 9.25. The minimum absolute atomic E-state index is 0.0709. The van der Waals surface area contributed by atoms with Crippen molar-refractivity contribution in [2.24, 2.45) is 5.92 Å². The minimum atomic E-state index is -0.698. The van der Waals surface area contributed by atoms with Crippen LogP contribution in [0.5, 0.6) is 0 Å². The number of rotatable bonds is 5. The van der Waals surface area contributed by atoms with Gasteiger partial charge in [0.15, 0.2) is 0 Å². The Morgan fingerprint density at radius 1 is 1.03 bits per heavy atom. The molecule has 7 nitrogen and oxygen atoms in total. The molecule has 3 N–H and O–H groups in total. The SMILES string of the molecule is O=C(Nc1cccc(NC(=O)C2(n3cccn3)CCNCC2)c1)C1CCCCC1. The van der Waals surface area contributed by atoms with Gasteiger partial charge in [-0.1, -0.05) is 25.3 Å². The van der Waals surface area contributed by atoms with Gasteiger partial charge in [-0.2, -0.15) is 5.10 Å². The van der Waals surface area contributed by atoms with Gasteiger partial charge in [0.05, 0.1) is 0 Å². The Hall–Kier alpha value is -2.67. The van der Waals surface area contributed by atoms with Crippen molar-refractivity contribution in [2.75, 3.05) is 23.7 Å². The molecule has 2 heterocycles. The third-order valence-corrected chi connectivity index (χ3v) is 6.16. The maximum absolute atomic E-state index is 13.3. The topological polar surface area (TPSA) is 88.1 Å². The lowest BCUT2D eigenvalue weighted by molar-refractivity contribution is -0.126. The molecule has 1 aliphatic heterocycles. The molecule has 0 bridgehead atoms. The number of hydrogen-bond donors (Lipinski definition) is 3. The van der Waals surface area contributed by atoms with Gasteiger partial charge in [-0.05, 0) is 63.0 Å².